The van der Waals surface area contributed by atoms with Gasteiger partial charge in [-0.1, -0.05) is 6.07 Å². The maximum absolute atomic E-state index is 11.7. The zero-order valence-corrected chi connectivity index (χ0v) is 10.6. The van der Waals surface area contributed by atoms with Crippen LogP contribution in [0.3, 0.4) is 0 Å². The molecule has 5 nitrogen and oxygen atoms in total. The van der Waals surface area contributed by atoms with E-state index in [1.807, 2.05) is 0 Å². The van der Waals surface area contributed by atoms with E-state index in [0.717, 1.165) is 11.3 Å². The van der Waals surface area contributed by atoms with Crippen LogP contribution in [0.25, 0.3) is 5.69 Å². The summed E-state index contributed by atoms with van der Waals surface area (Å²) in [6, 6.07) is 6.63. The minimum absolute atomic E-state index is 0.0127. The van der Waals surface area contributed by atoms with E-state index in [1.54, 1.807) is 35.9 Å². The molecular formula is C12H12N2O3S. The van der Waals surface area contributed by atoms with Crippen molar-refractivity contribution >= 4 is 9.84 Å². The van der Waals surface area contributed by atoms with Crippen LogP contribution in [0.1, 0.15) is 17.0 Å². The first-order valence-electron chi connectivity index (χ1n) is 5.53. The maximum Gasteiger partial charge on any atom is 0.160 e. The molecule has 0 bridgehead atoms. The lowest BCUT2D eigenvalue weighted by Gasteiger charge is -2.05. The summed E-state index contributed by atoms with van der Waals surface area (Å²) in [5.41, 5.74) is 2.90. The largest absolute Gasteiger partial charge is 0.508 e. The molecular weight excluding hydrogens is 252 g/mol. The van der Waals surface area contributed by atoms with E-state index < -0.39 is 9.84 Å². The number of hydrogen-bond acceptors (Lipinski definition) is 4. The number of rotatable bonds is 1. The Kier molecular flexibility index (Phi) is 2.25. The Hall–Kier alpha value is -1.82. The van der Waals surface area contributed by atoms with Crippen LogP contribution in [0, 0.1) is 6.92 Å². The van der Waals surface area contributed by atoms with Crippen molar-refractivity contribution in [3.05, 3.63) is 41.2 Å². The SMILES string of the molecule is Cc1nn(-c2cccc(O)c2)c2c1CS(=O)(=O)C2. The number of aromatic nitrogens is 2. The Morgan fingerprint density at radius 3 is 2.83 bits per heavy atom. The lowest BCUT2D eigenvalue weighted by atomic mass is 10.2. The quantitative estimate of drug-likeness (QED) is 0.843. The van der Waals surface area contributed by atoms with Crippen molar-refractivity contribution in [1.29, 1.82) is 0 Å². The smallest absolute Gasteiger partial charge is 0.160 e. The highest BCUT2D eigenvalue weighted by Gasteiger charge is 2.31. The molecule has 1 N–H and O–H groups in total. The molecule has 3 rings (SSSR count). The van der Waals surface area contributed by atoms with Crippen LogP contribution in [0.2, 0.25) is 0 Å². The molecule has 0 radical (unpaired) electrons. The van der Waals surface area contributed by atoms with Gasteiger partial charge < -0.3 is 5.11 Å². The zero-order valence-electron chi connectivity index (χ0n) is 9.79. The molecule has 6 heteroatoms. The van der Waals surface area contributed by atoms with Crippen molar-refractivity contribution in [1.82, 2.24) is 9.78 Å². The minimum atomic E-state index is -3.05. The number of sulfone groups is 1. The number of hydrogen-bond donors (Lipinski definition) is 1. The van der Waals surface area contributed by atoms with Gasteiger partial charge in [-0.25, -0.2) is 13.1 Å². The second kappa shape index (κ2) is 3.58. The summed E-state index contributed by atoms with van der Waals surface area (Å²) < 4.78 is 24.9. The van der Waals surface area contributed by atoms with Gasteiger partial charge in [-0.05, 0) is 19.1 Å². The van der Waals surface area contributed by atoms with Gasteiger partial charge in [0.05, 0.1) is 28.6 Å². The Morgan fingerprint density at radius 1 is 1.33 bits per heavy atom. The highest BCUT2D eigenvalue weighted by Crippen LogP contribution is 2.30. The fraction of sp³-hybridized carbons (Fsp3) is 0.250. The average molecular weight is 264 g/mol. The molecule has 0 saturated carbocycles. The van der Waals surface area contributed by atoms with Crippen LogP contribution in [-0.4, -0.2) is 23.3 Å². The van der Waals surface area contributed by atoms with Crippen LogP contribution in [0.5, 0.6) is 5.75 Å². The first-order chi connectivity index (χ1) is 8.46. The fourth-order valence-corrected chi connectivity index (χ4v) is 3.89. The summed E-state index contributed by atoms with van der Waals surface area (Å²) >= 11 is 0. The van der Waals surface area contributed by atoms with Crippen LogP contribution in [0.15, 0.2) is 24.3 Å². The third kappa shape index (κ3) is 1.69. The molecule has 0 amide bonds. The van der Waals surface area contributed by atoms with Crippen molar-refractivity contribution in [3.63, 3.8) is 0 Å². The summed E-state index contributed by atoms with van der Waals surface area (Å²) in [5, 5.41) is 13.8. The Labute approximate surface area is 105 Å². The fourth-order valence-electron chi connectivity index (χ4n) is 2.26. The molecule has 0 fully saturated rings. The Balaban J connectivity index is 2.19. The van der Waals surface area contributed by atoms with E-state index in [2.05, 4.69) is 5.10 Å². The van der Waals surface area contributed by atoms with Crippen LogP contribution >= 0.6 is 0 Å². The Morgan fingerprint density at radius 2 is 2.11 bits per heavy atom. The third-order valence-electron chi connectivity index (χ3n) is 3.09. The topological polar surface area (TPSA) is 72.2 Å². The molecule has 1 aliphatic rings. The van der Waals surface area contributed by atoms with Crippen LogP contribution in [0.4, 0.5) is 0 Å². The van der Waals surface area contributed by atoms with Gasteiger partial charge in [0.15, 0.2) is 9.84 Å². The second-order valence-corrected chi connectivity index (χ2v) is 6.54. The van der Waals surface area contributed by atoms with Crippen molar-refractivity contribution < 1.29 is 13.5 Å². The third-order valence-corrected chi connectivity index (χ3v) is 4.53. The molecule has 1 aromatic carbocycles. The zero-order chi connectivity index (χ0) is 12.9. The summed E-state index contributed by atoms with van der Waals surface area (Å²) in [5.74, 6) is 0.210. The molecule has 18 heavy (non-hydrogen) atoms. The normalized spacial score (nSPS) is 16.7. The number of fused-ring (bicyclic) bond motifs is 1. The highest BCUT2D eigenvalue weighted by molar-refractivity contribution is 7.90. The van der Waals surface area contributed by atoms with Gasteiger partial charge in [-0.2, -0.15) is 5.10 Å². The second-order valence-electron chi connectivity index (χ2n) is 4.47. The molecule has 0 aliphatic carbocycles. The standard InChI is InChI=1S/C12H12N2O3S/c1-8-11-6-18(16,17)7-12(11)14(13-8)9-3-2-4-10(15)5-9/h2-5,15H,6-7H2,1H3. The summed E-state index contributed by atoms with van der Waals surface area (Å²) in [6.07, 6.45) is 0. The Bertz CT molecular complexity index is 732. The number of aryl methyl sites for hydroxylation is 1. The molecule has 1 aromatic heterocycles. The number of phenols is 1. The molecule has 0 saturated heterocycles. The van der Waals surface area contributed by atoms with E-state index >= 15 is 0 Å². The summed E-state index contributed by atoms with van der Waals surface area (Å²) in [4.78, 5) is 0. The molecule has 0 atom stereocenters. The van der Waals surface area contributed by atoms with Crippen molar-refractivity contribution in [2.75, 3.05) is 0 Å². The van der Waals surface area contributed by atoms with Gasteiger partial charge >= 0.3 is 0 Å². The first kappa shape index (κ1) is 11.3. The number of benzene rings is 1. The van der Waals surface area contributed by atoms with E-state index in [9.17, 15) is 13.5 Å². The van der Waals surface area contributed by atoms with Gasteiger partial charge in [-0.15, -0.1) is 0 Å². The average Bonchev–Trinajstić information content (AvgIpc) is 2.74. The molecule has 2 heterocycles. The van der Waals surface area contributed by atoms with Crippen molar-refractivity contribution in [2.24, 2.45) is 0 Å². The first-order valence-corrected chi connectivity index (χ1v) is 7.35. The predicted molar refractivity (Wildman–Crippen MR) is 66.3 cm³/mol. The lowest BCUT2D eigenvalue weighted by molar-refractivity contribution is 0.474. The van der Waals surface area contributed by atoms with Crippen LogP contribution < -0.4 is 0 Å². The number of aromatic hydroxyl groups is 1. The monoisotopic (exact) mass is 264 g/mol. The predicted octanol–water partition coefficient (Wildman–Crippen LogP) is 1.31. The van der Waals surface area contributed by atoms with Crippen LogP contribution in [-0.2, 0) is 21.3 Å². The van der Waals surface area contributed by atoms with Gasteiger partial charge in [0.25, 0.3) is 0 Å². The molecule has 2 aromatic rings. The summed E-state index contributed by atoms with van der Waals surface area (Å²) in [6.45, 7) is 1.80. The van der Waals surface area contributed by atoms with Gasteiger partial charge in [0.1, 0.15) is 5.75 Å². The minimum Gasteiger partial charge on any atom is -0.508 e. The van der Waals surface area contributed by atoms with Gasteiger partial charge in [0, 0.05) is 11.6 Å². The molecule has 0 unspecified atom stereocenters. The molecule has 94 valence electrons. The molecule has 0 spiro atoms. The van der Waals surface area contributed by atoms with E-state index in [-0.39, 0.29) is 17.3 Å². The van der Waals surface area contributed by atoms with E-state index in [1.165, 1.54) is 0 Å². The number of nitrogens with zero attached hydrogens (tertiary/aromatic N) is 2. The van der Waals surface area contributed by atoms with Gasteiger partial charge in [-0.3, -0.25) is 0 Å². The summed E-state index contributed by atoms with van der Waals surface area (Å²) in [7, 11) is -3.05. The van der Waals surface area contributed by atoms with Crippen molar-refractivity contribution in [2.45, 2.75) is 18.4 Å². The molecule has 1 aliphatic heterocycles. The highest BCUT2D eigenvalue weighted by atomic mass is 32.2. The van der Waals surface area contributed by atoms with E-state index in [4.69, 9.17) is 0 Å². The van der Waals surface area contributed by atoms with E-state index in [0.29, 0.717) is 11.4 Å². The maximum atomic E-state index is 11.7. The lowest BCUT2D eigenvalue weighted by Crippen LogP contribution is -2.05. The van der Waals surface area contributed by atoms with Crippen molar-refractivity contribution in [3.8, 4) is 11.4 Å². The van der Waals surface area contributed by atoms with Gasteiger partial charge in [0.2, 0.25) is 0 Å². The number of phenolic OH excluding ortho intramolecular Hbond substituents is 1.